The molecule has 0 atom stereocenters. The molecule has 0 bridgehead atoms. The zero-order valence-electron chi connectivity index (χ0n) is 12.4. The van der Waals surface area contributed by atoms with Crippen LogP contribution in [0.4, 0.5) is 5.13 Å². The van der Waals surface area contributed by atoms with E-state index in [1.54, 1.807) is 18.3 Å². The van der Waals surface area contributed by atoms with Crippen molar-refractivity contribution in [3.63, 3.8) is 0 Å². The summed E-state index contributed by atoms with van der Waals surface area (Å²) in [5.41, 5.74) is 0.569. The SMILES string of the molecule is O=C(Nc1nnc(SCc2cc(=O)n3ccsc3n2)s1)c1ccco1. The highest BCUT2D eigenvalue weighted by Crippen LogP contribution is 2.28. The summed E-state index contributed by atoms with van der Waals surface area (Å²) >= 11 is 4.06. The van der Waals surface area contributed by atoms with E-state index >= 15 is 0 Å². The summed E-state index contributed by atoms with van der Waals surface area (Å²) in [5, 5.41) is 12.8. The van der Waals surface area contributed by atoms with Gasteiger partial charge in [-0.2, -0.15) is 0 Å². The van der Waals surface area contributed by atoms with Crippen LogP contribution in [0.5, 0.6) is 0 Å². The molecule has 4 aromatic rings. The van der Waals surface area contributed by atoms with E-state index in [-0.39, 0.29) is 17.2 Å². The molecule has 1 amide bonds. The summed E-state index contributed by atoms with van der Waals surface area (Å²) in [7, 11) is 0. The van der Waals surface area contributed by atoms with Gasteiger partial charge in [-0.05, 0) is 12.1 Å². The summed E-state index contributed by atoms with van der Waals surface area (Å²) < 4.78 is 7.20. The van der Waals surface area contributed by atoms with Gasteiger partial charge in [-0.15, -0.1) is 21.5 Å². The van der Waals surface area contributed by atoms with E-state index in [1.165, 1.54) is 51.2 Å². The number of thioether (sulfide) groups is 1. The van der Waals surface area contributed by atoms with Gasteiger partial charge < -0.3 is 4.42 Å². The van der Waals surface area contributed by atoms with Crippen LogP contribution in [0, 0.1) is 0 Å². The summed E-state index contributed by atoms with van der Waals surface area (Å²) in [6, 6.07) is 4.71. The standard InChI is InChI=1S/C14H9N5O3S3/c20-10-6-8(15-13-19(10)3-5-23-13)7-24-14-18-17-12(25-14)16-11(21)9-2-1-4-22-9/h1-6H,7H2,(H,16,17,21). The van der Waals surface area contributed by atoms with Crippen molar-refractivity contribution in [2.75, 3.05) is 5.32 Å². The Hall–Kier alpha value is -2.50. The normalized spacial score (nSPS) is 11.0. The molecule has 0 aliphatic heterocycles. The van der Waals surface area contributed by atoms with Crippen molar-refractivity contribution < 1.29 is 9.21 Å². The zero-order valence-corrected chi connectivity index (χ0v) is 14.9. The average Bonchev–Trinajstić information content (AvgIpc) is 3.34. The number of hydrogen-bond donors (Lipinski definition) is 1. The van der Waals surface area contributed by atoms with Crippen LogP contribution in [-0.2, 0) is 5.75 Å². The van der Waals surface area contributed by atoms with E-state index in [1.807, 2.05) is 5.38 Å². The lowest BCUT2D eigenvalue weighted by atomic mass is 10.4. The molecule has 0 unspecified atom stereocenters. The van der Waals surface area contributed by atoms with Gasteiger partial charge in [0.1, 0.15) is 0 Å². The van der Waals surface area contributed by atoms with E-state index in [4.69, 9.17) is 4.42 Å². The summed E-state index contributed by atoms with van der Waals surface area (Å²) in [6.45, 7) is 0. The maximum absolute atomic E-state index is 11.9. The van der Waals surface area contributed by atoms with E-state index < -0.39 is 0 Å². The quantitative estimate of drug-likeness (QED) is 0.412. The molecule has 0 aromatic carbocycles. The van der Waals surface area contributed by atoms with Crippen molar-refractivity contribution in [1.82, 2.24) is 19.6 Å². The molecule has 0 saturated carbocycles. The number of carbonyl (C=O) groups excluding carboxylic acids is 1. The van der Waals surface area contributed by atoms with Crippen LogP contribution in [0.3, 0.4) is 0 Å². The summed E-state index contributed by atoms with van der Waals surface area (Å²) in [6.07, 6.45) is 3.13. The zero-order chi connectivity index (χ0) is 17.2. The number of rotatable bonds is 5. The van der Waals surface area contributed by atoms with Crippen LogP contribution in [0.1, 0.15) is 16.2 Å². The second-order valence-electron chi connectivity index (χ2n) is 4.73. The third-order valence-corrected chi connectivity index (χ3v) is 5.83. The number of furan rings is 1. The Morgan fingerprint density at radius 1 is 1.40 bits per heavy atom. The maximum atomic E-state index is 11.9. The van der Waals surface area contributed by atoms with Gasteiger partial charge in [-0.3, -0.25) is 19.3 Å². The fourth-order valence-electron chi connectivity index (χ4n) is 1.98. The van der Waals surface area contributed by atoms with Crippen LogP contribution < -0.4 is 10.9 Å². The molecule has 126 valence electrons. The topological polar surface area (TPSA) is 102 Å². The molecule has 0 radical (unpaired) electrons. The highest BCUT2D eigenvalue weighted by Gasteiger charge is 2.13. The minimum Gasteiger partial charge on any atom is -0.459 e. The van der Waals surface area contributed by atoms with E-state index in [9.17, 15) is 9.59 Å². The van der Waals surface area contributed by atoms with Crippen LogP contribution in [0.25, 0.3) is 4.96 Å². The molecular formula is C14H9N5O3S3. The summed E-state index contributed by atoms with van der Waals surface area (Å²) in [5.74, 6) is 0.318. The molecule has 0 aliphatic rings. The van der Waals surface area contributed by atoms with Crippen molar-refractivity contribution in [2.45, 2.75) is 10.1 Å². The van der Waals surface area contributed by atoms with Gasteiger partial charge in [0, 0.05) is 23.4 Å². The van der Waals surface area contributed by atoms with Crippen molar-refractivity contribution in [2.24, 2.45) is 0 Å². The summed E-state index contributed by atoms with van der Waals surface area (Å²) in [4.78, 5) is 28.9. The van der Waals surface area contributed by atoms with Gasteiger partial charge >= 0.3 is 0 Å². The largest absolute Gasteiger partial charge is 0.459 e. The number of amides is 1. The van der Waals surface area contributed by atoms with E-state index in [0.29, 0.717) is 25.9 Å². The van der Waals surface area contributed by atoms with Crippen LogP contribution in [0.15, 0.2) is 49.6 Å². The van der Waals surface area contributed by atoms with Crippen molar-refractivity contribution >= 4 is 50.4 Å². The number of aromatic nitrogens is 4. The second-order valence-corrected chi connectivity index (χ2v) is 7.81. The molecule has 1 N–H and O–H groups in total. The molecule has 0 spiro atoms. The van der Waals surface area contributed by atoms with Crippen LogP contribution in [0.2, 0.25) is 0 Å². The Kier molecular flexibility index (Phi) is 4.34. The number of anilines is 1. The molecule has 0 saturated heterocycles. The van der Waals surface area contributed by atoms with Gasteiger partial charge in [-0.1, -0.05) is 23.1 Å². The Morgan fingerprint density at radius 3 is 3.16 bits per heavy atom. The second kappa shape index (κ2) is 6.78. The van der Waals surface area contributed by atoms with Crippen molar-refractivity contribution in [3.8, 4) is 0 Å². The molecule has 4 heterocycles. The number of thiazole rings is 1. The van der Waals surface area contributed by atoms with E-state index in [2.05, 4.69) is 20.5 Å². The van der Waals surface area contributed by atoms with Gasteiger partial charge in [0.2, 0.25) is 5.13 Å². The Bertz CT molecular complexity index is 1080. The number of fused-ring (bicyclic) bond motifs is 1. The highest BCUT2D eigenvalue weighted by atomic mass is 32.2. The van der Waals surface area contributed by atoms with E-state index in [0.717, 1.165) is 0 Å². The fraction of sp³-hybridized carbons (Fsp3) is 0.0714. The number of hydrogen-bond acceptors (Lipinski definition) is 9. The van der Waals surface area contributed by atoms with Gasteiger partial charge in [0.05, 0.1) is 12.0 Å². The van der Waals surface area contributed by atoms with Crippen LogP contribution in [-0.4, -0.2) is 25.5 Å². The molecular weight excluding hydrogens is 382 g/mol. The monoisotopic (exact) mass is 391 g/mol. The first-order valence-electron chi connectivity index (χ1n) is 6.96. The van der Waals surface area contributed by atoms with Gasteiger partial charge in [0.15, 0.2) is 15.1 Å². The Labute approximate surface area is 152 Å². The lowest BCUT2D eigenvalue weighted by Gasteiger charge is -1.98. The van der Waals surface area contributed by atoms with Crippen LogP contribution >= 0.6 is 34.4 Å². The minimum atomic E-state index is -0.379. The average molecular weight is 391 g/mol. The lowest BCUT2D eigenvalue weighted by Crippen LogP contribution is -2.12. The van der Waals surface area contributed by atoms with Gasteiger partial charge in [-0.25, -0.2) is 4.98 Å². The predicted octanol–water partition coefficient (Wildman–Crippen LogP) is 2.75. The molecule has 11 heteroatoms. The smallest absolute Gasteiger partial charge is 0.293 e. The molecule has 8 nitrogen and oxygen atoms in total. The molecule has 4 aromatic heterocycles. The highest BCUT2D eigenvalue weighted by molar-refractivity contribution is 8.00. The third kappa shape index (κ3) is 3.48. The molecule has 4 rings (SSSR count). The first kappa shape index (κ1) is 16.0. The van der Waals surface area contributed by atoms with Gasteiger partial charge in [0.25, 0.3) is 11.5 Å². The number of carbonyl (C=O) groups is 1. The van der Waals surface area contributed by atoms with Crippen molar-refractivity contribution in [1.29, 1.82) is 0 Å². The first-order valence-corrected chi connectivity index (χ1v) is 9.64. The maximum Gasteiger partial charge on any atom is 0.293 e. The third-order valence-electron chi connectivity index (χ3n) is 3.07. The Morgan fingerprint density at radius 2 is 2.32 bits per heavy atom. The minimum absolute atomic E-state index is 0.106. The fourth-order valence-corrected chi connectivity index (χ4v) is 4.36. The number of nitrogens with zero attached hydrogens (tertiary/aromatic N) is 4. The Balaban J connectivity index is 1.42. The molecule has 0 fully saturated rings. The molecule has 25 heavy (non-hydrogen) atoms. The number of nitrogens with one attached hydrogen (secondary N) is 1. The molecule has 0 aliphatic carbocycles. The predicted molar refractivity (Wildman–Crippen MR) is 95.5 cm³/mol. The lowest BCUT2D eigenvalue weighted by molar-refractivity contribution is 0.0996. The van der Waals surface area contributed by atoms with Crippen molar-refractivity contribution in [3.05, 3.63) is 57.8 Å². The first-order chi connectivity index (χ1) is 12.2.